The Labute approximate surface area is 98.0 Å². The highest BCUT2D eigenvalue weighted by Gasteiger charge is 2.28. The summed E-state index contributed by atoms with van der Waals surface area (Å²) in [5, 5.41) is 11.1. The van der Waals surface area contributed by atoms with E-state index in [1.54, 1.807) is 0 Å². The van der Waals surface area contributed by atoms with Crippen molar-refractivity contribution < 1.29 is 0 Å². The number of aromatic amines is 1. The van der Waals surface area contributed by atoms with Gasteiger partial charge in [0.25, 0.3) is 0 Å². The molecule has 3 nitrogen and oxygen atoms in total. The molecule has 3 heteroatoms. The molecule has 1 heterocycles. The first-order valence-corrected chi connectivity index (χ1v) is 6.22. The lowest BCUT2D eigenvalue weighted by Gasteiger charge is -2.27. The summed E-state index contributed by atoms with van der Waals surface area (Å²) in [7, 11) is 0. The lowest BCUT2D eigenvalue weighted by atomic mass is 9.81. The van der Waals surface area contributed by atoms with E-state index in [4.69, 9.17) is 0 Å². The number of fused-ring (bicyclic) bond motifs is 1. The van der Waals surface area contributed by atoms with Crippen LogP contribution in [0.15, 0.2) is 0 Å². The number of nitrogens with zero attached hydrogens (tertiary/aromatic N) is 1. The van der Waals surface area contributed by atoms with Crippen molar-refractivity contribution >= 4 is 5.82 Å². The lowest BCUT2D eigenvalue weighted by molar-refractivity contribution is 0.446. The van der Waals surface area contributed by atoms with Crippen LogP contribution in [0.1, 0.15) is 58.2 Å². The van der Waals surface area contributed by atoms with E-state index in [1.165, 1.54) is 17.7 Å². The van der Waals surface area contributed by atoms with Crippen LogP contribution in [-0.4, -0.2) is 15.7 Å². The van der Waals surface area contributed by atoms with E-state index >= 15 is 0 Å². The third-order valence-electron chi connectivity index (χ3n) is 3.18. The Morgan fingerprint density at radius 3 is 2.62 bits per heavy atom. The first-order valence-electron chi connectivity index (χ1n) is 6.22. The maximum absolute atomic E-state index is 4.43. The van der Waals surface area contributed by atoms with E-state index in [1.807, 2.05) is 0 Å². The average Bonchev–Trinajstić information content (AvgIpc) is 2.44. The number of hydrogen-bond donors (Lipinski definition) is 2. The van der Waals surface area contributed by atoms with Gasteiger partial charge in [-0.05, 0) is 45.4 Å². The summed E-state index contributed by atoms with van der Waals surface area (Å²) in [4.78, 5) is 0. The lowest BCUT2D eigenvalue weighted by Crippen LogP contribution is -2.27. The molecule has 0 aromatic carbocycles. The molecule has 0 saturated heterocycles. The molecule has 2 N–H and O–H groups in total. The highest BCUT2D eigenvalue weighted by atomic mass is 15.2. The number of nitrogens with one attached hydrogen (secondary N) is 2. The van der Waals surface area contributed by atoms with Gasteiger partial charge in [-0.3, -0.25) is 5.10 Å². The molecular formula is C13H23N3. The predicted octanol–water partition coefficient (Wildman–Crippen LogP) is 3.31. The molecule has 0 aliphatic heterocycles. The second-order valence-electron chi connectivity index (χ2n) is 6.29. The first kappa shape index (κ1) is 11.5. The summed E-state index contributed by atoms with van der Waals surface area (Å²) in [5.74, 6) is 2.44. The maximum Gasteiger partial charge on any atom is 0.151 e. The first-order chi connectivity index (χ1) is 7.37. The van der Waals surface area contributed by atoms with Crippen LogP contribution < -0.4 is 5.32 Å². The summed E-state index contributed by atoms with van der Waals surface area (Å²) in [6.07, 6.45) is 2.41. The number of hydrogen-bond acceptors (Lipinski definition) is 2. The van der Waals surface area contributed by atoms with Gasteiger partial charge in [0, 0.05) is 16.8 Å². The van der Waals surface area contributed by atoms with Gasteiger partial charge in [-0.1, -0.05) is 13.8 Å². The molecule has 0 amide bonds. The monoisotopic (exact) mass is 221 g/mol. The number of aromatic nitrogens is 2. The molecule has 2 atom stereocenters. The quantitative estimate of drug-likeness (QED) is 0.764. The Morgan fingerprint density at radius 2 is 2.00 bits per heavy atom. The van der Waals surface area contributed by atoms with Gasteiger partial charge in [-0.2, -0.15) is 5.10 Å². The van der Waals surface area contributed by atoms with Crippen LogP contribution in [0.5, 0.6) is 0 Å². The number of H-pyrrole nitrogens is 1. The molecule has 16 heavy (non-hydrogen) atoms. The molecule has 2 rings (SSSR count). The fourth-order valence-electron chi connectivity index (χ4n) is 2.68. The molecule has 0 saturated carbocycles. The van der Waals surface area contributed by atoms with Gasteiger partial charge in [0.05, 0.1) is 0 Å². The van der Waals surface area contributed by atoms with E-state index in [0.717, 1.165) is 18.2 Å². The van der Waals surface area contributed by atoms with Crippen LogP contribution in [0.3, 0.4) is 0 Å². The van der Waals surface area contributed by atoms with Crippen molar-refractivity contribution in [3.8, 4) is 0 Å². The molecule has 1 aliphatic rings. The average molecular weight is 221 g/mol. The molecule has 0 fully saturated rings. The van der Waals surface area contributed by atoms with Gasteiger partial charge in [0.15, 0.2) is 5.82 Å². The van der Waals surface area contributed by atoms with Crippen molar-refractivity contribution in [1.82, 2.24) is 10.2 Å². The largest absolute Gasteiger partial charge is 0.364 e. The minimum atomic E-state index is 0.0751. The zero-order valence-corrected chi connectivity index (χ0v) is 11.0. The van der Waals surface area contributed by atoms with E-state index < -0.39 is 0 Å². The third kappa shape index (κ3) is 2.23. The zero-order chi connectivity index (χ0) is 11.9. The topological polar surface area (TPSA) is 40.7 Å². The van der Waals surface area contributed by atoms with E-state index in [2.05, 4.69) is 50.1 Å². The highest BCUT2D eigenvalue weighted by Crippen LogP contribution is 2.38. The summed E-state index contributed by atoms with van der Waals surface area (Å²) in [6.45, 7) is 11.1. The molecule has 1 aliphatic carbocycles. The second kappa shape index (κ2) is 3.79. The van der Waals surface area contributed by atoms with E-state index in [0.29, 0.717) is 5.92 Å². The van der Waals surface area contributed by atoms with Crippen LogP contribution in [0.4, 0.5) is 5.82 Å². The van der Waals surface area contributed by atoms with Gasteiger partial charge in [0.1, 0.15) is 0 Å². The molecule has 90 valence electrons. The Morgan fingerprint density at radius 1 is 1.31 bits per heavy atom. The van der Waals surface area contributed by atoms with Gasteiger partial charge in [0.2, 0.25) is 0 Å². The Bertz CT molecular complexity index is 373. The van der Waals surface area contributed by atoms with Crippen molar-refractivity contribution in [3.05, 3.63) is 11.3 Å². The smallest absolute Gasteiger partial charge is 0.151 e. The van der Waals surface area contributed by atoms with Crippen LogP contribution in [0, 0.1) is 5.92 Å². The molecule has 1 aromatic heterocycles. The van der Waals surface area contributed by atoms with Crippen molar-refractivity contribution in [2.24, 2.45) is 5.92 Å². The molecule has 0 spiro atoms. The summed E-state index contributed by atoms with van der Waals surface area (Å²) >= 11 is 0. The molecule has 1 aromatic rings. The normalized spacial score (nSPS) is 25.3. The Balaban J connectivity index is 2.30. The van der Waals surface area contributed by atoms with Gasteiger partial charge < -0.3 is 5.32 Å². The summed E-state index contributed by atoms with van der Waals surface area (Å²) < 4.78 is 0. The minimum absolute atomic E-state index is 0.0751. The zero-order valence-electron chi connectivity index (χ0n) is 11.0. The van der Waals surface area contributed by atoms with Crippen LogP contribution in [0.2, 0.25) is 0 Å². The second-order valence-corrected chi connectivity index (χ2v) is 6.29. The minimum Gasteiger partial charge on any atom is -0.364 e. The van der Waals surface area contributed by atoms with Crippen molar-refractivity contribution in [3.63, 3.8) is 0 Å². The maximum atomic E-state index is 4.43. The number of rotatable bonds is 1. The molecule has 0 bridgehead atoms. The van der Waals surface area contributed by atoms with Crippen molar-refractivity contribution in [2.45, 2.75) is 58.9 Å². The van der Waals surface area contributed by atoms with Crippen LogP contribution in [0.25, 0.3) is 0 Å². The SMILES string of the molecule is CC1Cc2[nH]nc(NC(C)(C)C)c2C(C)C1. The van der Waals surface area contributed by atoms with E-state index in [-0.39, 0.29) is 5.54 Å². The predicted molar refractivity (Wildman–Crippen MR) is 67.9 cm³/mol. The molecule has 2 unspecified atom stereocenters. The standard InChI is InChI=1S/C13H23N3/c1-8-6-9(2)11-10(7-8)15-16-12(11)14-13(3,4)5/h8-9H,6-7H2,1-5H3,(H2,14,15,16). The fourth-order valence-corrected chi connectivity index (χ4v) is 2.68. The van der Waals surface area contributed by atoms with Gasteiger partial charge in [-0.25, -0.2) is 0 Å². The van der Waals surface area contributed by atoms with E-state index in [9.17, 15) is 0 Å². The number of anilines is 1. The van der Waals surface area contributed by atoms with Crippen molar-refractivity contribution in [2.75, 3.05) is 5.32 Å². The summed E-state index contributed by atoms with van der Waals surface area (Å²) in [6, 6.07) is 0. The Kier molecular flexibility index (Phi) is 2.72. The van der Waals surface area contributed by atoms with Crippen LogP contribution in [-0.2, 0) is 6.42 Å². The Hall–Kier alpha value is -0.990. The third-order valence-corrected chi connectivity index (χ3v) is 3.18. The highest BCUT2D eigenvalue weighted by molar-refractivity contribution is 5.51. The summed E-state index contributed by atoms with van der Waals surface area (Å²) in [5.41, 5.74) is 2.82. The molecule has 0 radical (unpaired) electrons. The van der Waals surface area contributed by atoms with Gasteiger partial charge in [-0.15, -0.1) is 0 Å². The fraction of sp³-hybridized carbons (Fsp3) is 0.769. The van der Waals surface area contributed by atoms with Gasteiger partial charge >= 0.3 is 0 Å². The van der Waals surface area contributed by atoms with Crippen LogP contribution >= 0.6 is 0 Å². The molecular weight excluding hydrogens is 198 g/mol. The van der Waals surface area contributed by atoms with Crippen molar-refractivity contribution in [1.29, 1.82) is 0 Å².